The third-order valence-electron chi connectivity index (χ3n) is 4.36. The maximum atomic E-state index is 12.5. The summed E-state index contributed by atoms with van der Waals surface area (Å²) in [5.74, 6) is 0.0699. The van der Waals surface area contributed by atoms with Crippen molar-refractivity contribution in [3.8, 4) is 5.69 Å². The molecule has 0 atom stereocenters. The highest BCUT2D eigenvalue weighted by Gasteiger charge is 2.26. The molecule has 0 bridgehead atoms. The number of hydrogen-bond acceptors (Lipinski definition) is 3. The molecule has 0 aliphatic carbocycles. The van der Waals surface area contributed by atoms with Crippen LogP contribution in [-0.2, 0) is 17.8 Å². The molecule has 7 heteroatoms. The molecule has 1 aliphatic heterocycles. The Kier molecular flexibility index (Phi) is 4.19. The van der Waals surface area contributed by atoms with E-state index in [-0.39, 0.29) is 5.91 Å². The molecule has 0 unspecified atom stereocenters. The number of amides is 1. The summed E-state index contributed by atoms with van der Waals surface area (Å²) in [7, 11) is 0. The van der Waals surface area contributed by atoms with Crippen molar-refractivity contribution in [1.29, 1.82) is 0 Å². The molecular weight excluding hydrogens is 359 g/mol. The van der Waals surface area contributed by atoms with Crippen LogP contribution in [0.3, 0.4) is 0 Å². The smallest absolute Gasteiger partial charge is 0.227 e. The zero-order valence-corrected chi connectivity index (χ0v) is 14.7. The van der Waals surface area contributed by atoms with Crippen LogP contribution < -0.4 is 4.90 Å². The fourth-order valence-electron chi connectivity index (χ4n) is 3.06. The molecule has 1 aromatic heterocycles. The number of hydrogen-bond donors (Lipinski definition) is 0. The van der Waals surface area contributed by atoms with E-state index in [0.29, 0.717) is 29.4 Å². The minimum Gasteiger partial charge on any atom is -0.308 e. The van der Waals surface area contributed by atoms with Gasteiger partial charge in [0.2, 0.25) is 5.91 Å². The minimum absolute atomic E-state index is 0.0699. The van der Waals surface area contributed by atoms with E-state index in [1.807, 2.05) is 16.7 Å². The van der Waals surface area contributed by atoms with E-state index in [4.69, 9.17) is 23.2 Å². The van der Waals surface area contributed by atoms with Crippen molar-refractivity contribution in [2.75, 3.05) is 4.90 Å². The third kappa shape index (κ3) is 3.01. The number of nitrogens with zero attached hydrogens (tertiary/aromatic N) is 4. The number of benzene rings is 2. The summed E-state index contributed by atoms with van der Waals surface area (Å²) in [6, 6.07) is 11.3. The number of aryl methyl sites for hydroxylation is 1. The third-order valence-corrected chi connectivity index (χ3v) is 5.07. The van der Waals surface area contributed by atoms with Gasteiger partial charge >= 0.3 is 0 Å². The van der Waals surface area contributed by atoms with Gasteiger partial charge in [0.1, 0.15) is 12.7 Å². The molecule has 5 nitrogen and oxygen atoms in total. The Morgan fingerprint density at radius 2 is 1.72 bits per heavy atom. The molecule has 0 radical (unpaired) electrons. The Balaban J connectivity index is 1.72. The van der Waals surface area contributed by atoms with E-state index >= 15 is 0 Å². The van der Waals surface area contributed by atoms with Crippen LogP contribution in [0, 0.1) is 0 Å². The second-order valence-corrected chi connectivity index (χ2v) is 6.68. The lowest BCUT2D eigenvalue weighted by molar-refractivity contribution is -0.119. The summed E-state index contributed by atoms with van der Waals surface area (Å²) in [5, 5.41) is 8.79. The highest BCUT2D eigenvalue weighted by molar-refractivity contribution is 6.36. The molecule has 4 rings (SSSR count). The normalized spacial score (nSPS) is 13.8. The van der Waals surface area contributed by atoms with E-state index in [2.05, 4.69) is 16.3 Å². The van der Waals surface area contributed by atoms with Crippen LogP contribution in [0.15, 0.2) is 49.1 Å². The quantitative estimate of drug-likeness (QED) is 0.696. The first-order valence-corrected chi connectivity index (χ1v) is 8.60. The first-order chi connectivity index (χ1) is 12.1. The molecule has 0 spiro atoms. The molecule has 0 fully saturated rings. The van der Waals surface area contributed by atoms with Crippen molar-refractivity contribution in [1.82, 2.24) is 14.8 Å². The van der Waals surface area contributed by atoms with Crippen LogP contribution in [0.1, 0.15) is 17.5 Å². The number of anilines is 1. The van der Waals surface area contributed by atoms with Gasteiger partial charge in [-0.15, -0.1) is 10.2 Å². The van der Waals surface area contributed by atoms with Gasteiger partial charge in [-0.3, -0.25) is 9.36 Å². The zero-order chi connectivity index (χ0) is 17.4. The largest absolute Gasteiger partial charge is 0.308 e. The van der Waals surface area contributed by atoms with E-state index in [9.17, 15) is 4.79 Å². The molecule has 25 heavy (non-hydrogen) atoms. The molecule has 2 heterocycles. The Bertz CT molecular complexity index is 920. The monoisotopic (exact) mass is 372 g/mol. The summed E-state index contributed by atoms with van der Waals surface area (Å²) in [5.41, 5.74) is 3.72. The fourth-order valence-corrected chi connectivity index (χ4v) is 3.57. The molecule has 0 N–H and O–H groups in total. The lowest BCUT2D eigenvalue weighted by Crippen LogP contribution is -2.34. The van der Waals surface area contributed by atoms with Gasteiger partial charge < -0.3 is 4.90 Å². The number of aromatic nitrogens is 3. The molecule has 0 saturated carbocycles. The average Bonchev–Trinajstić information content (AvgIpc) is 3.14. The van der Waals surface area contributed by atoms with Crippen molar-refractivity contribution in [2.24, 2.45) is 0 Å². The van der Waals surface area contributed by atoms with Gasteiger partial charge in [-0.05, 0) is 42.3 Å². The standard InChI is InChI=1S/C18H14Cl2N4O/c19-15-2-1-3-16(20)14(15)9-24-17-6-5-13(23-10-21-22-11-23)8-12(17)4-7-18(24)25/h1-3,5-6,8,10-11H,4,7,9H2. The van der Waals surface area contributed by atoms with Crippen molar-refractivity contribution < 1.29 is 4.79 Å². The van der Waals surface area contributed by atoms with Crippen LogP contribution >= 0.6 is 23.2 Å². The van der Waals surface area contributed by atoms with Gasteiger partial charge in [0, 0.05) is 33.4 Å². The second kappa shape index (κ2) is 6.50. The van der Waals surface area contributed by atoms with Crippen molar-refractivity contribution >= 4 is 34.8 Å². The Morgan fingerprint density at radius 3 is 2.44 bits per heavy atom. The van der Waals surface area contributed by atoms with Crippen molar-refractivity contribution in [2.45, 2.75) is 19.4 Å². The van der Waals surface area contributed by atoms with Crippen molar-refractivity contribution in [3.63, 3.8) is 0 Å². The topological polar surface area (TPSA) is 51.0 Å². The van der Waals surface area contributed by atoms with Gasteiger partial charge in [-0.1, -0.05) is 29.3 Å². The number of fused-ring (bicyclic) bond motifs is 1. The summed E-state index contributed by atoms with van der Waals surface area (Å²) in [4.78, 5) is 14.3. The molecule has 1 aliphatic rings. The first-order valence-electron chi connectivity index (χ1n) is 7.84. The van der Waals surface area contributed by atoms with E-state index in [1.165, 1.54) is 0 Å². The van der Waals surface area contributed by atoms with Gasteiger partial charge in [-0.25, -0.2) is 0 Å². The second-order valence-electron chi connectivity index (χ2n) is 5.86. The molecule has 0 saturated heterocycles. The predicted octanol–water partition coefficient (Wildman–Crippen LogP) is 4.05. The summed E-state index contributed by atoms with van der Waals surface area (Å²) < 4.78 is 1.84. The van der Waals surface area contributed by atoms with E-state index in [1.54, 1.807) is 35.8 Å². The Morgan fingerprint density at radius 1 is 1.00 bits per heavy atom. The van der Waals surface area contributed by atoms with E-state index < -0.39 is 0 Å². The molecular formula is C18H14Cl2N4O. The van der Waals surface area contributed by atoms with Gasteiger partial charge in [0.15, 0.2) is 0 Å². The van der Waals surface area contributed by atoms with Crippen LogP contribution in [0.4, 0.5) is 5.69 Å². The Hall–Kier alpha value is -2.37. The zero-order valence-electron chi connectivity index (χ0n) is 13.2. The maximum Gasteiger partial charge on any atom is 0.227 e. The van der Waals surface area contributed by atoms with Gasteiger partial charge in [0.05, 0.1) is 6.54 Å². The number of halogens is 2. The highest BCUT2D eigenvalue weighted by Crippen LogP contribution is 2.33. The molecule has 1 amide bonds. The molecule has 126 valence electrons. The maximum absolute atomic E-state index is 12.5. The summed E-state index contributed by atoms with van der Waals surface area (Å²) in [6.45, 7) is 0.357. The number of carbonyl (C=O) groups is 1. The fraction of sp³-hybridized carbons (Fsp3) is 0.167. The lowest BCUT2D eigenvalue weighted by atomic mass is 9.99. The summed E-state index contributed by atoms with van der Waals surface area (Å²) >= 11 is 12.6. The highest BCUT2D eigenvalue weighted by atomic mass is 35.5. The number of rotatable bonds is 3. The van der Waals surface area contributed by atoms with Crippen LogP contribution in [0.5, 0.6) is 0 Å². The van der Waals surface area contributed by atoms with Crippen LogP contribution in [-0.4, -0.2) is 20.7 Å². The van der Waals surface area contributed by atoms with Crippen LogP contribution in [0.25, 0.3) is 5.69 Å². The SMILES string of the molecule is O=C1CCc2cc(-n3cnnc3)ccc2N1Cc1c(Cl)cccc1Cl. The Labute approximate surface area is 154 Å². The minimum atomic E-state index is 0.0699. The van der Waals surface area contributed by atoms with Crippen LogP contribution in [0.2, 0.25) is 10.0 Å². The van der Waals surface area contributed by atoms with Crippen molar-refractivity contribution in [3.05, 3.63) is 70.2 Å². The molecule has 2 aromatic carbocycles. The van der Waals surface area contributed by atoms with E-state index in [0.717, 1.165) is 22.5 Å². The van der Waals surface area contributed by atoms with Gasteiger partial charge in [0.25, 0.3) is 0 Å². The average molecular weight is 373 g/mol. The number of carbonyl (C=O) groups excluding carboxylic acids is 1. The first kappa shape index (κ1) is 16.1. The molecule has 3 aromatic rings. The van der Waals surface area contributed by atoms with Gasteiger partial charge in [-0.2, -0.15) is 0 Å². The summed E-state index contributed by atoms with van der Waals surface area (Å²) in [6.07, 6.45) is 4.46. The predicted molar refractivity (Wildman–Crippen MR) is 97.3 cm³/mol. The lowest BCUT2D eigenvalue weighted by Gasteiger charge is -2.30.